The molecule has 0 unspecified atom stereocenters. The number of carbonyl (C=O) groups is 1. The van der Waals surface area contributed by atoms with Crippen LogP contribution in [-0.2, 0) is 32.0 Å². The number of halogens is 3. The van der Waals surface area contributed by atoms with Crippen molar-refractivity contribution in [2.45, 2.75) is 45.8 Å². The van der Waals surface area contributed by atoms with Gasteiger partial charge in [-0.1, -0.05) is 38.1 Å². The summed E-state index contributed by atoms with van der Waals surface area (Å²) in [5.74, 6) is 0.129. The van der Waals surface area contributed by atoms with Crippen LogP contribution >= 0.6 is 0 Å². The second-order valence-corrected chi connectivity index (χ2v) is 10.9. The largest absolute Gasteiger partial charge is 0.419 e. The second-order valence-electron chi connectivity index (χ2n) is 10.9. The van der Waals surface area contributed by atoms with Crippen LogP contribution in [0.4, 0.5) is 19.1 Å². The normalized spacial score (nSPS) is 13.4. The van der Waals surface area contributed by atoms with Gasteiger partial charge in [0.15, 0.2) is 0 Å². The summed E-state index contributed by atoms with van der Waals surface area (Å²) >= 11 is 0. The number of hydrogen-bond donors (Lipinski definition) is 1. The molecule has 0 aliphatic carbocycles. The summed E-state index contributed by atoms with van der Waals surface area (Å²) < 4.78 is 41.6. The number of carbonyl (C=O) groups excluding carboxylic acids is 1. The predicted octanol–water partition coefficient (Wildman–Crippen LogP) is 6.22. The number of fused-ring (bicyclic) bond motifs is 2. The monoisotopic (exact) mass is 587 g/mol. The fourth-order valence-corrected chi connectivity index (χ4v) is 5.88. The van der Waals surface area contributed by atoms with Crippen LogP contribution in [0.3, 0.4) is 0 Å². The SMILES string of the molecule is CCc1cccc(CC)c1-n1nc2c(c1-c1ccc(C(=O)N(C)C)c3[nH]ccc13)CN(c1ncc(C(F)(F)F)cn1)CC2. The summed E-state index contributed by atoms with van der Waals surface area (Å²) in [6.45, 7) is 5.13. The first-order valence-corrected chi connectivity index (χ1v) is 14.3. The minimum absolute atomic E-state index is 0.107. The summed E-state index contributed by atoms with van der Waals surface area (Å²) in [5.41, 5.74) is 7.44. The summed E-state index contributed by atoms with van der Waals surface area (Å²) in [7, 11) is 3.45. The first-order valence-electron chi connectivity index (χ1n) is 14.3. The van der Waals surface area contributed by atoms with Crippen molar-refractivity contribution in [1.29, 1.82) is 0 Å². The molecule has 0 bridgehead atoms. The van der Waals surface area contributed by atoms with E-state index in [0.717, 1.165) is 75.5 Å². The number of benzene rings is 2. The lowest BCUT2D eigenvalue weighted by molar-refractivity contribution is -0.138. The molecule has 0 saturated heterocycles. The van der Waals surface area contributed by atoms with Gasteiger partial charge in [-0.3, -0.25) is 4.79 Å². The Kier molecular flexibility index (Phi) is 7.19. The zero-order valence-electron chi connectivity index (χ0n) is 24.5. The van der Waals surface area contributed by atoms with Crippen molar-refractivity contribution in [3.63, 3.8) is 0 Å². The average molecular weight is 588 g/mol. The van der Waals surface area contributed by atoms with Gasteiger partial charge in [-0.15, -0.1) is 0 Å². The number of hydrogen-bond acceptors (Lipinski definition) is 5. The highest BCUT2D eigenvalue weighted by Gasteiger charge is 2.33. The molecule has 0 radical (unpaired) electrons. The van der Waals surface area contributed by atoms with E-state index in [2.05, 4.69) is 47.0 Å². The van der Waals surface area contributed by atoms with Crippen LogP contribution in [-0.4, -0.2) is 56.2 Å². The lowest BCUT2D eigenvalue weighted by atomic mass is 9.96. The number of nitrogens with zero attached hydrogens (tertiary/aromatic N) is 6. The van der Waals surface area contributed by atoms with Gasteiger partial charge < -0.3 is 14.8 Å². The van der Waals surface area contributed by atoms with E-state index in [0.29, 0.717) is 25.1 Å². The molecular weight excluding hydrogens is 555 g/mol. The topological polar surface area (TPSA) is 82.9 Å². The molecule has 2 aromatic carbocycles. The number of anilines is 1. The van der Waals surface area contributed by atoms with Crippen molar-refractivity contribution in [1.82, 2.24) is 29.6 Å². The molecule has 1 amide bonds. The maximum atomic E-state index is 13.2. The van der Waals surface area contributed by atoms with Gasteiger partial charge in [0.1, 0.15) is 0 Å². The number of nitrogens with one attached hydrogen (secondary N) is 1. The van der Waals surface area contributed by atoms with E-state index in [4.69, 9.17) is 5.10 Å². The number of H-pyrrole nitrogens is 1. The molecule has 1 N–H and O–H groups in total. The lowest BCUT2D eigenvalue weighted by Crippen LogP contribution is -2.31. The summed E-state index contributed by atoms with van der Waals surface area (Å²) in [6, 6.07) is 12.1. The van der Waals surface area contributed by atoms with E-state index < -0.39 is 11.7 Å². The number of para-hydroxylation sites is 1. The number of alkyl halides is 3. The molecule has 4 heterocycles. The molecular formula is C32H32F3N7O. The van der Waals surface area contributed by atoms with Crippen molar-refractivity contribution >= 4 is 22.8 Å². The van der Waals surface area contributed by atoms with Crippen molar-refractivity contribution in [3.8, 4) is 16.9 Å². The Morgan fingerprint density at radius 1 is 1.02 bits per heavy atom. The third-order valence-corrected chi connectivity index (χ3v) is 8.07. The molecule has 0 spiro atoms. The molecule has 43 heavy (non-hydrogen) atoms. The highest BCUT2D eigenvalue weighted by molar-refractivity contribution is 6.09. The average Bonchev–Trinajstić information content (AvgIpc) is 3.64. The molecule has 222 valence electrons. The van der Waals surface area contributed by atoms with Crippen molar-refractivity contribution in [3.05, 3.63) is 88.5 Å². The van der Waals surface area contributed by atoms with Gasteiger partial charge in [-0.05, 0) is 36.1 Å². The molecule has 11 heteroatoms. The molecule has 5 aromatic rings. The Morgan fingerprint density at radius 2 is 1.72 bits per heavy atom. The van der Waals surface area contributed by atoms with E-state index in [-0.39, 0.29) is 11.9 Å². The van der Waals surface area contributed by atoms with Gasteiger partial charge in [-0.25, -0.2) is 14.6 Å². The van der Waals surface area contributed by atoms with Gasteiger partial charge in [0, 0.05) is 68.7 Å². The Balaban J connectivity index is 1.56. The first-order chi connectivity index (χ1) is 20.6. The fraction of sp³-hybridized carbons (Fsp3) is 0.312. The number of rotatable bonds is 6. The van der Waals surface area contributed by atoms with E-state index in [1.165, 1.54) is 0 Å². The van der Waals surface area contributed by atoms with Crippen molar-refractivity contribution in [2.75, 3.05) is 25.5 Å². The Hall–Kier alpha value is -4.67. The van der Waals surface area contributed by atoms with Crippen LogP contribution in [0.2, 0.25) is 0 Å². The van der Waals surface area contributed by atoms with Crippen molar-refractivity contribution in [2.24, 2.45) is 0 Å². The third-order valence-electron chi connectivity index (χ3n) is 8.07. The smallest absolute Gasteiger partial charge is 0.361 e. The molecule has 1 aliphatic heterocycles. The van der Waals surface area contributed by atoms with E-state index in [1.54, 1.807) is 19.0 Å². The van der Waals surface area contributed by atoms with Gasteiger partial charge in [0.2, 0.25) is 5.95 Å². The van der Waals surface area contributed by atoms with E-state index in [9.17, 15) is 18.0 Å². The zero-order valence-corrected chi connectivity index (χ0v) is 24.5. The molecule has 6 rings (SSSR count). The fourth-order valence-electron chi connectivity index (χ4n) is 5.88. The second kappa shape index (κ2) is 10.9. The van der Waals surface area contributed by atoms with Crippen LogP contribution < -0.4 is 4.90 Å². The molecule has 3 aromatic heterocycles. The molecule has 0 saturated carbocycles. The zero-order chi connectivity index (χ0) is 30.5. The van der Waals surface area contributed by atoms with E-state index >= 15 is 0 Å². The summed E-state index contributed by atoms with van der Waals surface area (Å²) in [5, 5.41) is 6.06. The predicted molar refractivity (Wildman–Crippen MR) is 159 cm³/mol. The summed E-state index contributed by atoms with van der Waals surface area (Å²) in [4.78, 5) is 27.9. The molecule has 8 nitrogen and oxygen atoms in total. The van der Waals surface area contributed by atoms with Gasteiger partial charge in [0.25, 0.3) is 5.91 Å². The highest BCUT2D eigenvalue weighted by atomic mass is 19.4. The minimum Gasteiger partial charge on any atom is -0.361 e. The maximum Gasteiger partial charge on any atom is 0.419 e. The van der Waals surface area contributed by atoms with Crippen LogP contribution in [0.5, 0.6) is 0 Å². The van der Waals surface area contributed by atoms with E-state index in [1.807, 2.05) is 34.0 Å². The summed E-state index contributed by atoms with van der Waals surface area (Å²) in [6.07, 6.45) is 1.18. The number of aromatic nitrogens is 5. The standard InChI is InChI=1S/C32H32F3N7O/c1-5-19-8-7-9-20(6-2)28(19)42-29(23-10-11-24(30(43)40(3)4)27-22(23)12-14-36-27)25-18-41(15-13-26(25)39-42)31-37-16-21(17-38-31)32(33,34)35/h7-12,14,16-17,36H,5-6,13,15,18H2,1-4H3. The highest BCUT2D eigenvalue weighted by Crippen LogP contribution is 2.39. The number of amides is 1. The maximum absolute atomic E-state index is 13.2. The molecule has 0 atom stereocenters. The van der Waals surface area contributed by atoms with Crippen LogP contribution in [0.15, 0.2) is 55.0 Å². The van der Waals surface area contributed by atoms with Gasteiger partial charge in [0.05, 0.1) is 33.7 Å². The van der Waals surface area contributed by atoms with Crippen molar-refractivity contribution < 1.29 is 18.0 Å². The quantitative estimate of drug-likeness (QED) is 0.255. The lowest BCUT2D eigenvalue weighted by Gasteiger charge is -2.27. The Morgan fingerprint density at radius 3 is 2.35 bits per heavy atom. The number of aryl methyl sites for hydroxylation is 2. The minimum atomic E-state index is -4.51. The first kappa shape index (κ1) is 28.4. The van der Waals surface area contributed by atoms with Gasteiger partial charge in [-0.2, -0.15) is 18.3 Å². The van der Waals surface area contributed by atoms with Gasteiger partial charge >= 0.3 is 6.18 Å². The van der Waals surface area contributed by atoms with Crippen LogP contribution in [0.25, 0.3) is 27.8 Å². The number of aromatic amines is 1. The molecule has 1 aliphatic rings. The Bertz CT molecular complexity index is 1800. The molecule has 0 fully saturated rings. The Labute approximate surface area is 247 Å². The van der Waals surface area contributed by atoms with Crippen LogP contribution in [0, 0.1) is 0 Å². The third kappa shape index (κ3) is 4.92. The van der Waals surface area contributed by atoms with Crippen LogP contribution in [0.1, 0.15) is 52.2 Å².